The molecule has 1 fully saturated rings. The molecule has 1 aliphatic heterocycles. The maximum atomic E-state index is 4.66. The van der Waals surface area contributed by atoms with Gasteiger partial charge in [0.2, 0.25) is 4.96 Å². The van der Waals surface area contributed by atoms with Crippen LogP contribution in [-0.4, -0.2) is 48.7 Å². The van der Waals surface area contributed by atoms with Gasteiger partial charge in [0.05, 0.1) is 17.4 Å². The SMILES string of the molecule is Cc1nn2c(CN3CCNCC3c3nccn3C)c(C)nc2s1. The van der Waals surface area contributed by atoms with Crippen LogP contribution in [0, 0.1) is 13.8 Å². The number of hydrogen-bond donors (Lipinski definition) is 1. The minimum atomic E-state index is 0.272. The summed E-state index contributed by atoms with van der Waals surface area (Å²) >= 11 is 1.64. The van der Waals surface area contributed by atoms with Gasteiger partial charge in [-0.15, -0.1) is 0 Å². The summed E-state index contributed by atoms with van der Waals surface area (Å²) in [5, 5.41) is 9.15. The number of fused-ring (bicyclic) bond motifs is 1. The summed E-state index contributed by atoms with van der Waals surface area (Å²) in [5.74, 6) is 1.10. The third-order valence-electron chi connectivity index (χ3n) is 4.46. The summed E-state index contributed by atoms with van der Waals surface area (Å²) in [5.41, 5.74) is 2.26. The van der Waals surface area contributed by atoms with E-state index in [1.54, 1.807) is 11.3 Å². The van der Waals surface area contributed by atoms with Crippen molar-refractivity contribution >= 4 is 16.3 Å². The summed E-state index contributed by atoms with van der Waals surface area (Å²) in [7, 11) is 2.06. The van der Waals surface area contributed by atoms with E-state index in [0.717, 1.165) is 47.7 Å². The second kappa shape index (κ2) is 5.70. The highest BCUT2D eigenvalue weighted by Crippen LogP contribution is 2.25. The number of piperazine rings is 1. The Hall–Kier alpha value is -1.77. The number of nitrogens with zero attached hydrogens (tertiary/aromatic N) is 6. The summed E-state index contributed by atoms with van der Waals surface area (Å²) in [6, 6.07) is 0.272. The van der Waals surface area contributed by atoms with E-state index in [-0.39, 0.29) is 6.04 Å². The molecular weight excluding hydrogens is 310 g/mol. The topological polar surface area (TPSA) is 63.3 Å². The van der Waals surface area contributed by atoms with Crippen LogP contribution in [0.2, 0.25) is 0 Å². The second-order valence-corrected chi connectivity index (χ2v) is 7.21. The second-order valence-electron chi connectivity index (χ2n) is 6.05. The monoisotopic (exact) mass is 331 g/mol. The van der Waals surface area contributed by atoms with Gasteiger partial charge in [0, 0.05) is 45.6 Å². The maximum Gasteiger partial charge on any atom is 0.212 e. The van der Waals surface area contributed by atoms with Crippen LogP contribution >= 0.6 is 11.3 Å². The van der Waals surface area contributed by atoms with Gasteiger partial charge in [-0.3, -0.25) is 4.90 Å². The molecule has 0 aliphatic carbocycles. The summed E-state index contributed by atoms with van der Waals surface area (Å²) in [4.78, 5) is 12.7. The molecule has 0 bridgehead atoms. The first kappa shape index (κ1) is 14.8. The van der Waals surface area contributed by atoms with Crippen molar-refractivity contribution in [3.05, 3.63) is 34.6 Å². The van der Waals surface area contributed by atoms with Crippen LogP contribution in [0.15, 0.2) is 12.4 Å². The van der Waals surface area contributed by atoms with Gasteiger partial charge in [-0.2, -0.15) is 5.10 Å². The molecule has 3 aromatic rings. The number of imidazole rings is 2. The lowest BCUT2D eigenvalue weighted by Gasteiger charge is -2.35. The van der Waals surface area contributed by atoms with Crippen LogP contribution in [0.1, 0.15) is 28.3 Å². The van der Waals surface area contributed by atoms with E-state index in [1.165, 1.54) is 5.69 Å². The third-order valence-corrected chi connectivity index (χ3v) is 5.29. The van der Waals surface area contributed by atoms with Gasteiger partial charge >= 0.3 is 0 Å². The fraction of sp³-hybridized carbons (Fsp3) is 0.533. The Bertz CT molecular complexity index is 830. The van der Waals surface area contributed by atoms with Gasteiger partial charge in [-0.05, 0) is 13.8 Å². The molecule has 0 amide bonds. The Labute approximate surface area is 139 Å². The predicted molar refractivity (Wildman–Crippen MR) is 89.6 cm³/mol. The third kappa shape index (κ3) is 2.56. The molecule has 0 radical (unpaired) electrons. The largest absolute Gasteiger partial charge is 0.337 e. The molecule has 0 aromatic carbocycles. The molecule has 0 saturated carbocycles. The number of nitrogens with one attached hydrogen (secondary N) is 1. The van der Waals surface area contributed by atoms with Crippen molar-refractivity contribution in [2.45, 2.75) is 26.4 Å². The molecule has 4 heterocycles. The van der Waals surface area contributed by atoms with Crippen molar-refractivity contribution in [1.29, 1.82) is 0 Å². The van der Waals surface area contributed by atoms with Gasteiger partial charge in [0.1, 0.15) is 10.8 Å². The molecule has 8 heteroatoms. The Morgan fingerprint density at radius 1 is 1.39 bits per heavy atom. The van der Waals surface area contributed by atoms with Crippen LogP contribution in [0.4, 0.5) is 0 Å². The lowest BCUT2D eigenvalue weighted by molar-refractivity contribution is 0.142. The minimum absolute atomic E-state index is 0.272. The smallest absolute Gasteiger partial charge is 0.212 e. The van der Waals surface area contributed by atoms with Crippen molar-refractivity contribution < 1.29 is 0 Å². The average molecular weight is 331 g/mol. The first-order chi connectivity index (χ1) is 11.1. The van der Waals surface area contributed by atoms with Crippen molar-refractivity contribution in [2.24, 2.45) is 7.05 Å². The highest BCUT2D eigenvalue weighted by atomic mass is 32.1. The summed E-state index contributed by atoms with van der Waals surface area (Å²) in [6.07, 6.45) is 3.88. The first-order valence-electron chi connectivity index (χ1n) is 7.87. The number of aryl methyl sites for hydroxylation is 3. The van der Waals surface area contributed by atoms with Crippen LogP contribution in [0.3, 0.4) is 0 Å². The molecule has 3 aromatic heterocycles. The quantitative estimate of drug-likeness (QED) is 0.783. The molecule has 1 N–H and O–H groups in total. The van der Waals surface area contributed by atoms with Crippen LogP contribution in [0.5, 0.6) is 0 Å². The van der Waals surface area contributed by atoms with E-state index in [1.807, 2.05) is 23.8 Å². The molecule has 1 atom stereocenters. The number of rotatable bonds is 3. The van der Waals surface area contributed by atoms with E-state index < -0.39 is 0 Å². The molecule has 23 heavy (non-hydrogen) atoms. The molecule has 0 spiro atoms. The number of aromatic nitrogens is 5. The maximum absolute atomic E-state index is 4.66. The zero-order chi connectivity index (χ0) is 16.0. The van der Waals surface area contributed by atoms with E-state index >= 15 is 0 Å². The number of hydrogen-bond acceptors (Lipinski definition) is 6. The zero-order valence-electron chi connectivity index (χ0n) is 13.7. The van der Waals surface area contributed by atoms with E-state index in [2.05, 4.69) is 43.8 Å². The molecule has 1 unspecified atom stereocenters. The molecule has 1 aliphatic rings. The van der Waals surface area contributed by atoms with Crippen LogP contribution in [0.25, 0.3) is 4.96 Å². The lowest BCUT2D eigenvalue weighted by Crippen LogP contribution is -2.46. The fourth-order valence-electron chi connectivity index (χ4n) is 3.25. The molecule has 1 saturated heterocycles. The van der Waals surface area contributed by atoms with E-state index in [9.17, 15) is 0 Å². The Morgan fingerprint density at radius 3 is 3.04 bits per heavy atom. The zero-order valence-corrected chi connectivity index (χ0v) is 14.5. The minimum Gasteiger partial charge on any atom is -0.337 e. The molecule has 7 nitrogen and oxygen atoms in total. The fourth-order valence-corrected chi connectivity index (χ4v) is 4.06. The van der Waals surface area contributed by atoms with E-state index in [0.29, 0.717) is 0 Å². The lowest BCUT2D eigenvalue weighted by atomic mass is 10.1. The molecule has 4 rings (SSSR count). The highest BCUT2D eigenvalue weighted by Gasteiger charge is 2.28. The van der Waals surface area contributed by atoms with Crippen molar-refractivity contribution in [3.8, 4) is 0 Å². The first-order valence-corrected chi connectivity index (χ1v) is 8.69. The van der Waals surface area contributed by atoms with Crippen molar-refractivity contribution in [1.82, 2.24) is 34.4 Å². The van der Waals surface area contributed by atoms with Crippen LogP contribution < -0.4 is 5.32 Å². The molecule has 122 valence electrons. The predicted octanol–water partition coefficient (Wildman–Crippen LogP) is 1.29. The van der Waals surface area contributed by atoms with Gasteiger partial charge in [-0.1, -0.05) is 11.3 Å². The standard InChI is InChI=1S/C15H21N7S/c1-10-13(22-15(18-10)23-11(2)19-22)9-21-7-4-16-8-12(21)14-17-5-6-20(14)3/h5-6,12,16H,4,7-9H2,1-3H3. The normalized spacial score (nSPS) is 19.7. The van der Waals surface area contributed by atoms with E-state index in [4.69, 9.17) is 0 Å². The average Bonchev–Trinajstić information content (AvgIpc) is 3.17. The Morgan fingerprint density at radius 2 is 2.26 bits per heavy atom. The Balaban J connectivity index is 1.67. The summed E-state index contributed by atoms with van der Waals surface area (Å²) in [6.45, 7) is 7.85. The summed E-state index contributed by atoms with van der Waals surface area (Å²) < 4.78 is 4.11. The van der Waals surface area contributed by atoms with Crippen LogP contribution in [-0.2, 0) is 13.6 Å². The highest BCUT2D eigenvalue weighted by molar-refractivity contribution is 7.16. The molecular formula is C15H21N7S. The van der Waals surface area contributed by atoms with Crippen molar-refractivity contribution in [3.63, 3.8) is 0 Å². The van der Waals surface area contributed by atoms with Gasteiger partial charge in [0.25, 0.3) is 0 Å². The van der Waals surface area contributed by atoms with Gasteiger partial charge in [-0.25, -0.2) is 14.5 Å². The Kier molecular flexibility index (Phi) is 3.67. The van der Waals surface area contributed by atoms with Gasteiger partial charge in [0.15, 0.2) is 0 Å². The van der Waals surface area contributed by atoms with Crippen molar-refractivity contribution in [2.75, 3.05) is 19.6 Å². The van der Waals surface area contributed by atoms with Gasteiger partial charge < -0.3 is 9.88 Å².